The fourth-order valence-electron chi connectivity index (χ4n) is 1.61. The molecule has 0 saturated heterocycles. The lowest BCUT2D eigenvalue weighted by Gasteiger charge is -2.03. The van der Waals surface area contributed by atoms with Crippen molar-refractivity contribution in [3.05, 3.63) is 52.4 Å². The van der Waals surface area contributed by atoms with Crippen LogP contribution in [0.1, 0.15) is 38.8 Å². The van der Waals surface area contributed by atoms with Crippen LogP contribution in [0.15, 0.2) is 30.9 Å². The molecule has 1 aromatic rings. The van der Waals surface area contributed by atoms with Crippen LogP contribution in [0.25, 0.3) is 18.2 Å². The molecule has 0 aliphatic rings. The minimum atomic E-state index is 1.10. The zero-order valence-electron chi connectivity index (χ0n) is 11.8. The Kier molecular flexibility index (Phi) is 6.97. The minimum Gasteiger partial charge on any atom is -0.0988 e. The van der Waals surface area contributed by atoms with Crippen LogP contribution in [0, 0.1) is 6.92 Å². The second kappa shape index (κ2) is 7.67. The Morgan fingerprint density at radius 3 is 2.29 bits per heavy atom. The maximum atomic E-state index is 4.13. The summed E-state index contributed by atoms with van der Waals surface area (Å²) < 4.78 is 0. The number of rotatable bonds is 2. The number of hydrogen-bond donors (Lipinski definition) is 0. The molecule has 92 valence electrons. The molecule has 0 aliphatic carbocycles. The third kappa shape index (κ3) is 3.74. The molecule has 0 atom stereocenters. The molecular weight excluding hydrogens is 204 g/mol. The fourth-order valence-corrected chi connectivity index (χ4v) is 1.61. The maximum absolute atomic E-state index is 4.13. The predicted octanol–water partition coefficient (Wildman–Crippen LogP) is 3.82. The first-order valence-electron chi connectivity index (χ1n) is 6.16. The smallest absolute Gasteiger partial charge is 0.0158 e. The Hall–Kier alpha value is -1.56. The Morgan fingerprint density at radius 2 is 1.82 bits per heavy atom. The molecule has 0 nitrogen and oxygen atoms in total. The van der Waals surface area contributed by atoms with Crippen molar-refractivity contribution in [2.45, 2.75) is 34.6 Å². The summed E-state index contributed by atoms with van der Waals surface area (Å²) in [5.74, 6) is 0. The molecule has 0 bridgehead atoms. The summed E-state index contributed by atoms with van der Waals surface area (Å²) in [6, 6.07) is 4.24. The first-order chi connectivity index (χ1) is 8.11. The Morgan fingerprint density at radius 1 is 1.24 bits per heavy atom. The van der Waals surface area contributed by atoms with Gasteiger partial charge in [-0.2, -0.15) is 0 Å². The van der Waals surface area contributed by atoms with Crippen molar-refractivity contribution >= 4 is 18.2 Å². The van der Waals surface area contributed by atoms with Crippen LogP contribution >= 0.6 is 0 Å². The summed E-state index contributed by atoms with van der Waals surface area (Å²) in [5, 5.41) is 2.29. The summed E-state index contributed by atoms with van der Waals surface area (Å²) in [6.07, 6.45) is 6.03. The first kappa shape index (κ1) is 15.4. The van der Waals surface area contributed by atoms with E-state index in [9.17, 15) is 0 Å². The van der Waals surface area contributed by atoms with Crippen LogP contribution in [0.2, 0.25) is 0 Å². The fraction of sp³-hybridized carbons (Fsp3) is 0.294. The van der Waals surface area contributed by atoms with Crippen LogP contribution in [0.5, 0.6) is 0 Å². The van der Waals surface area contributed by atoms with E-state index in [0.717, 1.165) is 5.22 Å². The molecule has 0 fully saturated rings. The van der Waals surface area contributed by atoms with E-state index in [4.69, 9.17) is 0 Å². The molecule has 0 heterocycles. The molecule has 0 aromatic heterocycles. The average Bonchev–Trinajstić information content (AvgIpc) is 2.37. The van der Waals surface area contributed by atoms with Gasteiger partial charge in [0.05, 0.1) is 0 Å². The molecule has 0 heteroatoms. The van der Waals surface area contributed by atoms with Crippen molar-refractivity contribution in [1.82, 2.24) is 0 Å². The van der Waals surface area contributed by atoms with Crippen LogP contribution < -0.4 is 10.4 Å². The Bertz CT molecular complexity index is 502. The van der Waals surface area contributed by atoms with Gasteiger partial charge in [-0.15, -0.1) is 0 Å². The van der Waals surface area contributed by atoms with Crippen LogP contribution in [0.3, 0.4) is 0 Å². The highest BCUT2D eigenvalue weighted by molar-refractivity contribution is 5.58. The van der Waals surface area contributed by atoms with Crippen molar-refractivity contribution in [2.24, 2.45) is 0 Å². The highest BCUT2D eigenvalue weighted by Crippen LogP contribution is 2.03. The summed E-state index contributed by atoms with van der Waals surface area (Å²) >= 11 is 0. The van der Waals surface area contributed by atoms with Gasteiger partial charge in [-0.25, -0.2) is 0 Å². The largest absolute Gasteiger partial charge is 0.0988 e. The van der Waals surface area contributed by atoms with E-state index in [2.05, 4.69) is 45.2 Å². The van der Waals surface area contributed by atoms with Crippen molar-refractivity contribution in [1.29, 1.82) is 0 Å². The topological polar surface area (TPSA) is 0 Å². The van der Waals surface area contributed by atoms with Crippen LogP contribution in [-0.4, -0.2) is 0 Å². The van der Waals surface area contributed by atoms with Crippen LogP contribution in [0.4, 0.5) is 0 Å². The van der Waals surface area contributed by atoms with Gasteiger partial charge in [0.25, 0.3) is 0 Å². The molecule has 0 radical (unpaired) electrons. The molecule has 0 saturated carbocycles. The lowest BCUT2D eigenvalue weighted by molar-refractivity contribution is 1.34. The van der Waals surface area contributed by atoms with E-state index in [1.165, 1.54) is 21.9 Å². The van der Waals surface area contributed by atoms with Crippen molar-refractivity contribution in [2.75, 3.05) is 0 Å². The van der Waals surface area contributed by atoms with Gasteiger partial charge in [0.2, 0.25) is 0 Å². The summed E-state index contributed by atoms with van der Waals surface area (Å²) in [4.78, 5) is 0. The van der Waals surface area contributed by atoms with E-state index >= 15 is 0 Å². The van der Waals surface area contributed by atoms with Gasteiger partial charge in [0, 0.05) is 0 Å². The first-order valence-corrected chi connectivity index (χ1v) is 6.16. The van der Waals surface area contributed by atoms with Gasteiger partial charge in [-0.05, 0) is 47.9 Å². The highest BCUT2D eigenvalue weighted by atomic mass is 14.0. The maximum Gasteiger partial charge on any atom is -0.0158 e. The molecule has 0 amide bonds. The number of hydrogen-bond acceptors (Lipinski definition) is 0. The molecule has 1 rings (SSSR count). The zero-order valence-corrected chi connectivity index (χ0v) is 11.8. The van der Waals surface area contributed by atoms with E-state index in [1.807, 2.05) is 32.9 Å². The lowest BCUT2D eigenvalue weighted by Crippen LogP contribution is -2.28. The molecule has 17 heavy (non-hydrogen) atoms. The highest BCUT2D eigenvalue weighted by Gasteiger charge is 1.96. The van der Waals surface area contributed by atoms with Gasteiger partial charge in [0.1, 0.15) is 0 Å². The second-order valence-electron chi connectivity index (χ2n) is 3.69. The van der Waals surface area contributed by atoms with Gasteiger partial charge in [-0.3, -0.25) is 0 Å². The minimum absolute atomic E-state index is 1.10. The standard InChI is InChI=1S/C15H18.C2H6/c1-6-8-14-9-10-15(11(3)7-2)13(5)12(14)4;1-2/h6-10H,2,5H2,1,3-4H3;1-2H3/b8-6-,15-11-;. The molecule has 0 spiro atoms. The molecular formula is C17H24. The number of benzene rings is 1. The van der Waals surface area contributed by atoms with E-state index < -0.39 is 0 Å². The second-order valence-corrected chi connectivity index (χ2v) is 3.69. The van der Waals surface area contributed by atoms with Crippen molar-refractivity contribution < 1.29 is 0 Å². The Labute approximate surface area is 106 Å². The van der Waals surface area contributed by atoms with E-state index in [1.54, 1.807) is 0 Å². The Balaban J connectivity index is 0.00000121. The van der Waals surface area contributed by atoms with Crippen LogP contribution in [-0.2, 0) is 0 Å². The third-order valence-electron chi connectivity index (χ3n) is 2.72. The van der Waals surface area contributed by atoms with Gasteiger partial charge >= 0.3 is 0 Å². The third-order valence-corrected chi connectivity index (χ3v) is 2.72. The number of allylic oxidation sites excluding steroid dienone is 2. The quantitative estimate of drug-likeness (QED) is 0.722. The summed E-state index contributed by atoms with van der Waals surface area (Å²) in [7, 11) is 0. The normalized spacial score (nSPS) is 11.8. The average molecular weight is 228 g/mol. The van der Waals surface area contributed by atoms with E-state index in [-0.39, 0.29) is 0 Å². The van der Waals surface area contributed by atoms with Crippen molar-refractivity contribution in [3.63, 3.8) is 0 Å². The van der Waals surface area contributed by atoms with Gasteiger partial charge < -0.3 is 0 Å². The van der Waals surface area contributed by atoms with Gasteiger partial charge in [0.15, 0.2) is 0 Å². The zero-order chi connectivity index (χ0) is 13.4. The molecule has 0 unspecified atom stereocenters. The SMILES string of the molecule is C=C/C(C)=c1/ccc(/C=C\C)c(C)c1=C.CC. The van der Waals surface area contributed by atoms with E-state index in [0.29, 0.717) is 0 Å². The monoisotopic (exact) mass is 228 g/mol. The molecule has 0 N–H and O–H groups in total. The molecule has 1 aromatic carbocycles. The lowest BCUT2D eigenvalue weighted by atomic mass is 10.0. The van der Waals surface area contributed by atoms with Gasteiger partial charge in [-0.1, -0.05) is 57.4 Å². The predicted molar refractivity (Wildman–Crippen MR) is 81.3 cm³/mol. The van der Waals surface area contributed by atoms with Crippen molar-refractivity contribution in [3.8, 4) is 0 Å². The molecule has 0 aliphatic heterocycles. The summed E-state index contributed by atoms with van der Waals surface area (Å²) in [5.41, 5.74) is 3.66. The summed E-state index contributed by atoms with van der Waals surface area (Å²) in [6.45, 7) is 18.1.